The molecule has 0 amide bonds. The molecule has 0 spiro atoms. The van der Waals surface area contributed by atoms with Crippen LogP contribution in [0.4, 0.5) is 0 Å². The van der Waals surface area contributed by atoms with Gasteiger partial charge >= 0.3 is 0 Å². The van der Waals surface area contributed by atoms with Gasteiger partial charge in [0.05, 0.1) is 0 Å². The van der Waals surface area contributed by atoms with E-state index in [-0.39, 0.29) is 6.04 Å². The Hall–Kier alpha value is -0.990. The van der Waals surface area contributed by atoms with Gasteiger partial charge in [0.25, 0.3) is 0 Å². The molecule has 2 nitrogen and oxygen atoms in total. The Labute approximate surface area is 101 Å². The molecule has 0 unspecified atom stereocenters. The van der Waals surface area contributed by atoms with Gasteiger partial charge in [-0.1, -0.05) is 17.7 Å². The minimum absolute atomic E-state index is 0.252. The van der Waals surface area contributed by atoms with Gasteiger partial charge in [-0.05, 0) is 37.5 Å². The van der Waals surface area contributed by atoms with E-state index in [0.29, 0.717) is 0 Å². The van der Waals surface area contributed by atoms with Gasteiger partial charge in [0, 0.05) is 35.2 Å². The number of nitrogens with zero attached hydrogens (tertiary/aromatic N) is 1. The summed E-state index contributed by atoms with van der Waals surface area (Å²) in [6.07, 6.45) is 4.21. The van der Waals surface area contributed by atoms with Crippen molar-refractivity contribution in [1.82, 2.24) is 4.57 Å². The van der Waals surface area contributed by atoms with Crippen molar-refractivity contribution >= 4 is 22.5 Å². The van der Waals surface area contributed by atoms with Crippen LogP contribution in [0.1, 0.15) is 18.9 Å². The molecular formula is C13H17ClN2. The molecule has 2 N–H and O–H groups in total. The van der Waals surface area contributed by atoms with E-state index in [4.69, 9.17) is 17.3 Å². The summed E-state index contributed by atoms with van der Waals surface area (Å²) in [7, 11) is 2.05. The number of rotatable bonds is 3. The molecule has 1 aromatic carbocycles. The fraction of sp³-hybridized carbons (Fsp3) is 0.385. The normalized spacial score (nSPS) is 13.2. The lowest BCUT2D eigenvalue weighted by Crippen LogP contribution is -2.15. The standard InChI is InChI=1S/C13H17ClN2/c1-9(15)3-4-10-8-16(2)13-7-11(14)5-6-12(10)13/h5-9H,3-4,15H2,1-2H3/t9-/m0/s1. The fourth-order valence-corrected chi connectivity index (χ4v) is 2.19. The second-order valence-corrected chi connectivity index (χ2v) is 4.88. The zero-order chi connectivity index (χ0) is 11.7. The summed E-state index contributed by atoms with van der Waals surface area (Å²) in [5.74, 6) is 0. The average Bonchev–Trinajstić information content (AvgIpc) is 2.53. The third-order valence-electron chi connectivity index (χ3n) is 2.90. The maximum Gasteiger partial charge on any atom is 0.0495 e. The average molecular weight is 237 g/mol. The van der Waals surface area contributed by atoms with E-state index in [1.54, 1.807) is 0 Å². The minimum Gasteiger partial charge on any atom is -0.350 e. The van der Waals surface area contributed by atoms with Gasteiger partial charge < -0.3 is 10.3 Å². The van der Waals surface area contributed by atoms with E-state index >= 15 is 0 Å². The zero-order valence-corrected chi connectivity index (χ0v) is 10.5. The highest BCUT2D eigenvalue weighted by atomic mass is 35.5. The van der Waals surface area contributed by atoms with Crippen LogP contribution in [0, 0.1) is 0 Å². The first kappa shape index (κ1) is 11.5. The van der Waals surface area contributed by atoms with Crippen molar-refractivity contribution in [2.75, 3.05) is 0 Å². The Bertz CT molecular complexity index is 500. The van der Waals surface area contributed by atoms with E-state index in [9.17, 15) is 0 Å². The highest BCUT2D eigenvalue weighted by molar-refractivity contribution is 6.31. The Balaban J connectivity index is 2.39. The van der Waals surface area contributed by atoms with Crippen molar-refractivity contribution in [2.45, 2.75) is 25.8 Å². The molecular weight excluding hydrogens is 220 g/mol. The molecule has 2 aromatic rings. The van der Waals surface area contributed by atoms with E-state index in [0.717, 1.165) is 17.9 Å². The molecule has 0 aliphatic heterocycles. The van der Waals surface area contributed by atoms with E-state index in [1.807, 2.05) is 26.1 Å². The lowest BCUT2D eigenvalue weighted by molar-refractivity contribution is 0.667. The van der Waals surface area contributed by atoms with Crippen molar-refractivity contribution in [3.05, 3.63) is 35.0 Å². The first-order valence-electron chi connectivity index (χ1n) is 5.57. The van der Waals surface area contributed by atoms with Gasteiger partial charge in [-0.3, -0.25) is 0 Å². The van der Waals surface area contributed by atoms with Crippen LogP contribution in [0.25, 0.3) is 10.9 Å². The smallest absolute Gasteiger partial charge is 0.0495 e. The lowest BCUT2D eigenvalue weighted by atomic mass is 10.1. The second-order valence-electron chi connectivity index (χ2n) is 4.44. The number of aromatic nitrogens is 1. The number of fused-ring (bicyclic) bond motifs is 1. The molecule has 0 saturated heterocycles. The molecule has 0 aliphatic rings. The van der Waals surface area contributed by atoms with Crippen molar-refractivity contribution < 1.29 is 0 Å². The van der Waals surface area contributed by atoms with Crippen LogP contribution in [-0.4, -0.2) is 10.6 Å². The van der Waals surface area contributed by atoms with E-state index in [1.165, 1.54) is 16.5 Å². The van der Waals surface area contributed by atoms with Crippen LogP contribution in [0.3, 0.4) is 0 Å². The molecule has 3 heteroatoms. The Kier molecular flexibility index (Phi) is 3.22. The van der Waals surface area contributed by atoms with Crippen LogP contribution in [0.2, 0.25) is 5.02 Å². The van der Waals surface area contributed by atoms with Crippen LogP contribution in [0.15, 0.2) is 24.4 Å². The largest absolute Gasteiger partial charge is 0.350 e. The van der Waals surface area contributed by atoms with Crippen molar-refractivity contribution in [2.24, 2.45) is 12.8 Å². The maximum absolute atomic E-state index is 5.99. The summed E-state index contributed by atoms with van der Waals surface area (Å²) in [6.45, 7) is 2.04. The number of benzene rings is 1. The topological polar surface area (TPSA) is 30.9 Å². The summed E-state index contributed by atoms with van der Waals surface area (Å²) in [5.41, 5.74) is 8.33. The van der Waals surface area contributed by atoms with Crippen LogP contribution >= 0.6 is 11.6 Å². The third-order valence-corrected chi connectivity index (χ3v) is 3.14. The summed E-state index contributed by atoms with van der Waals surface area (Å²) in [6, 6.07) is 6.29. The number of nitrogens with two attached hydrogens (primary N) is 1. The highest BCUT2D eigenvalue weighted by Gasteiger charge is 2.07. The fourth-order valence-electron chi connectivity index (χ4n) is 2.02. The van der Waals surface area contributed by atoms with Crippen LogP contribution in [-0.2, 0) is 13.5 Å². The van der Waals surface area contributed by atoms with Crippen molar-refractivity contribution in [3.63, 3.8) is 0 Å². The van der Waals surface area contributed by atoms with E-state index in [2.05, 4.69) is 16.8 Å². The molecule has 0 radical (unpaired) electrons. The Morgan fingerprint density at radius 3 is 2.88 bits per heavy atom. The van der Waals surface area contributed by atoms with E-state index < -0.39 is 0 Å². The summed E-state index contributed by atoms with van der Waals surface area (Å²) < 4.78 is 2.12. The number of hydrogen-bond acceptors (Lipinski definition) is 1. The monoisotopic (exact) mass is 236 g/mol. The molecule has 86 valence electrons. The number of hydrogen-bond donors (Lipinski definition) is 1. The number of halogens is 1. The number of aryl methyl sites for hydroxylation is 2. The van der Waals surface area contributed by atoms with Gasteiger partial charge in [0.1, 0.15) is 0 Å². The lowest BCUT2D eigenvalue weighted by Gasteiger charge is -2.03. The Morgan fingerprint density at radius 2 is 2.19 bits per heavy atom. The first-order chi connectivity index (χ1) is 7.58. The second kappa shape index (κ2) is 4.48. The third kappa shape index (κ3) is 2.23. The summed E-state index contributed by atoms with van der Waals surface area (Å²) in [5, 5.41) is 2.07. The molecule has 16 heavy (non-hydrogen) atoms. The molecule has 1 atom stereocenters. The highest BCUT2D eigenvalue weighted by Crippen LogP contribution is 2.25. The quantitative estimate of drug-likeness (QED) is 0.872. The zero-order valence-electron chi connectivity index (χ0n) is 9.70. The van der Waals surface area contributed by atoms with Gasteiger partial charge in [0.15, 0.2) is 0 Å². The molecule has 2 rings (SSSR count). The molecule has 0 bridgehead atoms. The predicted octanol–water partition coefficient (Wildman–Crippen LogP) is 3.11. The summed E-state index contributed by atoms with van der Waals surface area (Å²) in [4.78, 5) is 0. The Morgan fingerprint density at radius 1 is 1.44 bits per heavy atom. The maximum atomic E-state index is 5.99. The molecule has 0 fully saturated rings. The van der Waals surface area contributed by atoms with Gasteiger partial charge in [-0.25, -0.2) is 0 Å². The molecule has 1 aromatic heterocycles. The molecule has 0 saturated carbocycles. The van der Waals surface area contributed by atoms with Crippen molar-refractivity contribution in [1.29, 1.82) is 0 Å². The minimum atomic E-state index is 0.252. The summed E-state index contributed by atoms with van der Waals surface area (Å²) >= 11 is 5.99. The molecule has 0 aliphatic carbocycles. The van der Waals surface area contributed by atoms with Gasteiger partial charge in [-0.2, -0.15) is 0 Å². The SMILES string of the molecule is C[C@H](N)CCc1cn(C)c2cc(Cl)ccc12. The van der Waals surface area contributed by atoms with Gasteiger partial charge in [0.2, 0.25) is 0 Å². The van der Waals surface area contributed by atoms with Gasteiger partial charge in [-0.15, -0.1) is 0 Å². The van der Waals surface area contributed by atoms with Crippen molar-refractivity contribution in [3.8, 4) is 0 Å². The predicted molar refractivity (Wildman–Crippen MR) is 69.9 cm³/mol. The molecule has 1 heterocycles. The van der Waals surface area contributed by atoms with Crippen LogP contribution < -0.4 is 5.73 Å². The van der Waals surface area contributed by atoms with Crippen LogP contribution in [0.5, 0.6) is 0 Å². The first-order valence-corrected chi connectivity index (χ1v) is 5.95.